The second kappa shape index (κ2) is 5.21. The molecule has 0 aliphatic heterocycles. The van der Waals surface area contributed by atoms with Crippen LogP contribution in [0.2, 0.25) is 18.1 Å². The van der Waals surface area contributed by atoms with Gasteiger partial charge in [-0.3, -0.25) is 0 Å². The highest BCUT2D eigenvalue weighted by Gasteiger charge is 2.47. The second-order valence-electron chi connectivity index (χ2n) is 6.55. The van der Waals surface area contributed by atoms with Crippen molar-refractivity contribution in [3.63, 3.8) is 0 Å². The lowest BCUT2D eigenvalue weighted by Gasteiger charge is -2.36. The van der Waals surface area contributed by atoms with E-state index in [1.54, 1.807) is 0 Å². The summed E-state index contributed by atoms with van der Waals surface area (Å²) in [4.78, 5) is 4.74. The molecule has 0 aromatic carbocycles. The Kier molecular flexibility index (Phi) is 4.14. The van der Waals surface area contributed by atoms with Crippen LogP contribution >= 0.6 is 22.7 Å². The summed E-state index contributed by atoms with van der Waals surface area (Å²) in [7, 11) is -2.29. The average molecular weight is 350 g/mol. The van der Waals surface area contributed by atoms with Crippen LogP contribution in [0.4, 0.5) is 13.2 Å². The first-order chi connectivity index (χ1) is 9.44. The van der Waals surface area contributed by atoms with Crippen molar-refractivity contribution in [2.75, 3.05) is 0 Å². The van der Waals surface area contributed by atoms with E-state index in [1.807, 2.05) is 51.4 Å². The van der Waals surface area contributed by atoms with Gasteiger partial charge in [-0.25, -0.2) is 4.98 Å². The quantitative estimate of drug-likeness (QED) is 0.643. The first-order valence-corrected chi connectivity index (χ1v) is 11.3. The van der Waals surface area contributed by atoms with Crippen molar-refractivity contribution in [2.45, 2.75) is 45.1 Å². The molecule has 0 N–H and O–H groups in total. The van der Waals surface area contributed by atoms with Crippen molar-refractivity contribution in [3.8, 4) is 9.88 Å². The smallest absolute Gasteiger partial charge is 0.231 e. The summed E-state index contributed by atoms with van der Waals surface area (Å²) in [5, 5.41) is 2.18. The van der Waals surface area contributed by atoms with Crippen LogP contribution in [0.5, 0.6) is 0 Å². The topological polar surface area (TPSA) is 12.9 Å². The SMILES string of the molecule is CC(C)(C)[Si](C)(C)c1sc(-c2cccs2)nc1C(F)(F)F. The van der Waals surface area contributed by atoms with E-state index in [2.05, 4.69) is 4.98 Å². The van der Waals surface area contributed by atoms with Crippen LogP contribution < -0.4 is 4.50 Å². The minimum Gasteiger partial charge on any atom is -0.231 e. The molecule has 21 heavy (non-hydrogen) atoms. The van der Waals surface area contributed by atoms with Crippen LogP contribution in [0.15, 0.2) is 17.5 Å². The summed E-state index contributed by atoms with van der Waals surface area (Å²) in [5.74, 6) is 0. The molecule has 0 saturated heterocycles. The molecule has 1 nitrogen and oxygen atoms in total. The molecule has 0 fully saturated rings. The van der Waals surface area contributed by atoms with Gasteiger partial charge in [-0.15, -0.1) is 22.7 Å². The van der Waals surface area contributed by atoms with Crippen molar-refractivity contribution in [1.29, 1.82) is 0 Å². The van der Waals surface area contributed by atoms with Crippen LogP contribution in [0.25, 0.3) is 9.88 Å². The van der Waals surface area contributed by atoms with Crippen molar-refractivity contribution in [2.24, 2.45) is 0 Å². The van der Waals surface area contributed by atoms with Gasteiger partial charge in [-0.1, -0.05) is 39.9 Å². The molecule has 0 spiro atoms. The van der Waals surface area contributed by atoms with Crippen LogP contribution in [0, 0.1) is 0 Å². The zero-order valence-corrected chi connectivity index (χ0v) is 15.3. The fourth-order valence-electron chi connectivity index (χ4n) is 1.78. The summed E-state index contributed by atoms with van der Waals surface area (Å²) in [6, 6.07) is 3.65. The molecule has 0 saturated carbocycles. The Morgan fingerprint density at radius 2 is 1.76 bits per heavy atom. The summed E-state index contributed by atoms with van der Waals surface area (Å²) in [6.45, 7) is 10.0. The predicted octanol–water partition coefficient (Wildman–Crippen LogP) is 5.61. The molecule has 2 aromatic heterocycles. The molecule has 0 radical (unpaired) electrons. The van der Waals surface area contributed by atoms with E-state index in [4.69, 9.17) is 0 Å². The number of aromatic nitrogens is 1. The standard InChI is InChI=1S/C14H18F3NS2Si/c1-13(2,3)21(4,5)12-10(14(15,16)17)18-11(20-12)9-7-6-8-19-9/h6-8H,1-5H3. The molecule has 2 heterocycles. The fraction of sp³-hybridized carbons (Fsp3) is 0.500. The van der Waals surface area contributed by atoms with E-state index >= 15 is 0 Å². The monoisotopic (exact) mass is 349 g/mol. The third-order valence-corrected chi connectivity index (χ3v) is 12.9. The highest BCUT2D eigenvalue weighted by atomic mass is 32.1. The lowest BCUT2D eigenvalue weighted by molar-refractivity contribution is -0.139. The zero-order chi connectivity index (χ0) is 16.1. The molecule has 0 aliphatic rings. The van der Waals surface area contributed by atoms with E-state index < -0.39 is 19.9 Å². The molecule has 0 amide bonds. The van der Waals surface area contributed by atoms with Crippen molar-refractivity contribution < 1.29 is 13.2 Å². The van der Waals surface area contributed by atoms with Crippen LogP contribution in [-0.4, -0.2) is 13.1 Å². The maximum atomic E-state index is 13.4. The number of thiazole rings is 1. The number of thiophene rings is 1. The summed E-state index contributed by atoms with van der Waals surface area (Å²) >= 11 is 2.64. The Balaban J connectivity index is 2.65. The number of alkyl halides is 3. The van der Waals surface area contributed by atoms with Gasteiger partial charge >= 0.3 is 6.18 Å². The highest BCUT2D eigenvalue weighted by Crippen LogP contribution is 2.42. The lowest BCUT2D eigenvalue weighted by Crippen LogP contribution is -2.50. The van der Waals surface area contributed by atoms with E-state index in [-0.39, 0.29) is 5.04 Å². The summed E-state index contributed by atoms with van der Waals surface area (Å²) < 4.78 is 40.6. The van der Waals surface area contributed by atoms with Gasteiger partial charge < -0.3 is 0 Å². The van der Waals surface area contributed by atoms with Gasteiger partial charge in [0.2, 0.25) is 0 Å². The fourth-order valence-corrected chi connectivity index (χ4v) is 7.12. The Bertz CT molecular complexity index is 622. The first-order valence-electron chi connectivity index (χ1n) is 6.57. The van der Waals surface area contributed by atoms with Gasteiger partial charge in [-0.05, 0) is 16.5 Å². The second-order valence-corrected chi connectivity index (χ2v) is 14.1. The predicted molar refractivity (Wildman–Crippen MR) is 87.3 cm³/mol. The number of hydrogen-bond acceptors (Lipinski definition) is 3. The number of hydrogen-bond donors (Lipinski definition) is 0. The van der Waals surface area contributed by atoms with Gasteiger partial charge in [0.1, 0.15) is 13.1 Å². The number of nitrogens with zero attached hydrogens (tertiary/aromatic N) is 1. The minimum absolute atomic E-state index is 0.160. The van der Waals surface area contributed by atoms with Gasteiger partial charge in [0.15, 0.2) is 5.69 Å². The van der Waals surface area contributed by atoms with Crippen LogP contribution in [0.3, 0.4) is 0 Å². The van der Waals surface area contributed by atoms with Gasteiger partial charge in [-0.2, -0.15) is 13.2 Å². The Morgan fingerprint density at radius 1 is 1.14 bits per heavy atom. The Morgan fingerprint density at radius 3 is 2.19 bits per heavy atom. The Labute approximate surface area is 131 Å². The average Bonchev–Trinajstić information content (AvgIpc) is 2.95. The minimum atomic E-state index is -4.39. The van der Waals surface area contributed by atoms with Crippen molar-refractivity contribution in [3.05, 3.63) is 23.2 Å². The highest BCUT2D eigenvalue weighted by molar-refractivity contribution is 7.31. The van der Waals surface area contributed by atoms with E-state index in [1.165, 1.54) is 22.7 Å². The normalized spacial score (nSPS) is 13.7. The van der Waals surface area contributed by atoms with Gasteiger partial charge in [0.25, 0.3) is 0 Å². The molecular weight excluding hydrogens is 331 g/mol. The maximum Gasteiger partial charge on any atom is 0.434 e. The summed E-state index contributed by atoms with van der Waals surface area (Å²) in [5.41, 5.74) is -0.678. The Hall–Kier alpha value is -0.663. The molecule has 2 rings (SSSR count). The molecule has 0 bridgehead atoms. The molecule has 116 valence electrons. The third-order valence-electron chi connectivity index (χ3n) is 4.07. The molecule has 0 aliphatic carbocycles. The largest absolute Gasteiger partial charge is 0.434 e. The van der Waals surface area contributed by atoms with E-state index in [9.17, 15) is 13.2 Å². The van der Waals surface area contributed by atoms with Crippen LogP contribution in [0.1, 0.15) is 26.5 Å². The number of rotatable bonds is 2. The van der Waals surface area contributed by atoms with Crippen LogP contribution in [-0.2, 0) is 6.18 Å². The van der Waals surface area contributed by atoms with Gasteiger partial charge in [0, 0.05) is 4.50 Å². The molecule has 2 aromatic rings. The zero-order valence-electron chi connectivity index (χ0n) is 12.6. The van der Waals surface area contributed by atoms with E-state index in [0.29, 0.717) is 9.51 Å². The third kappa shape index (κ3) is 3.09. The molecule has 0 atom stereocenters. The molecule has 7 heteroatoms. The van der Waals surface area contributed by atoms with Gasteiger partial charge in [0.05, 0.1) is 4.88 Å². The first kappa shape index (κ1) is 16.7. The lowest BCUT2D eigenvalue weighted by atomic mass is 10.2. The van der Waals surface area contributed by atoms with Crippen molar-refractivity contribution in [1.82, 2.24) is 4.98 Å². The summed E-state index contributed by atoms with van der Waals surface area (Å²) in [6.07, 6.45) is -4.39. The van der Waals surface area contributed by atoms with E-state index in [0.717, 1.165) is 4.88 Å². The maximum absolute atomic E-state index is 13.4. The number of halogens is 3. The van der Waals surface area contributed by atoms with Crippen molar-refractivity contribution >= 4 is 35.2 Å². The molecule has 0 unspecified atom stereocenters. The molecular formula is C14H18F3NS2Si.